The van der Waals surface area contributed by atoms with Gasteiger partial charge >= 0.3 is 5.97 Å². The van der Waals surface area contributed by atoms with E-state index in [1.54, 1.807) is 24.3 Å². The Balaban J connectivity index is 1.67. The smallest absolute Gasteiger partial charge is 0.343 e. The quantitative estimate of drug-likeness (QED) is 0.120. The summed E-state index contributed by atoms with van der Waals surface area (Å²) in [6, 6.07) is 11.1. The fraction of sp³-hybridized carbons (Fsp3) is 0.567. The van der Waals surface area contributed by atoms with Crippen molar-refractivity contribution in [3.63, 3.8) is 0 Å². The van der Waals surface area contributed by atoms with E-state index in [4.69, 9.17) is 14.2 Å². The molecule has 0 aromatic heterocycles. The lowest BCUT2D eigenvalue weighted by Gasteiger charge is -2.11. The van der Waals surface area contributed by atoms with Gasteiger partial charge in [-0.15, -0.1) is 0 Å². The molecule has 2 rings (SSSR count). The average molecular weight is 487 g/mol. The van der Waals surface area contributed by atoms with Crippen LogP contribution in [0.1, 0.15) is 102 Å². The third-order valence-corrected chi connectivity index (χ3v) is 6.19. The van der Waals surface area contributed by atoms with Crippen LogP contribution in [0.25, 0.3) is 0 Å². The van der Waals surface area contributed by atoms with Crippen LogP contribution < -0.4 is 14.2 Å². The number of ether oxygens (including phenoxy) is 3. The number of halogens is 1. The normalized spacial score (nSPS) is 11.8. The molecular weight excluding hydrogens is 443 g/mol. The van der Waals surface area contributed by atoms with Crippen molar-refractivity contribution in [2.45, 2.75) is 91.4 Å². The lowest BCUT2D eigenvalue weighted by Crippen LogP contribution is -2.10. The summed E-state index contributed by atoms with van der Waals surface area (Å²) in [5.74, 6) is 0.580. The minimum Gasteiger partial charge on any atom is -0.493 e. The van der Waals surface area contributed by atoms with Crippen molar-refractivity contribution in [1.82, 2.24) is 0 Å². The molecule has 0 aliphatic rings. The van der Waals surface area contributed by atoms with Gasteiger partial charge in [-0.05, 0) is 54.8 Å². The van der Waals surface area contributed by atoms with Gasteiger partial charge in [0.1, 0.15) is 11.5 Å². The zero-order valence-electron chi connectivity index (χ0n) is 21.8. The van der Waals surface area contributed by atoms with E-state index in [0.717, 1.165) is 25.0 Å². The van der Waals surface area contributed by atoms with E-state index < -0.39 is 11.8 Å². The van der Waals surface area contributed by atoms with Gasteiger partial charge < -0.3 is 14.2 Å². The van der Waals surface area contributed by atoms with Crippen LogP contribution in [0.2, 0.25) is 0 Å². The Morgan fingerprint density at radius 1 is 0.800 bits per heavy atom. The van der Waals surface area contributed by atoms with Gasteiger partial charge in [-0.3, -0.25) is 0 Å². The minimum atomic E-state index is -0.613. The van der Waals surface area contributed by atoms with Gasteiger partial charge in [-0.2, -0.15) is 0 Å². The molecule has 0 fully saturated rings. The number of hydrogen-bond acceptors (Lipinski definition) is 4. The van der Waals surface area contributed by atoms with Crippen molar-refractivity contribution in [1.29, 1.82) is 0 Å². The molecule has 0 N–H and O–H groups in total. The first-order chi connectivity index (χ1) is 17.0. The Morgan fingerprint density at radius 2 is 1.40 bits per heavy atom. The molecule has 0 heterocycles. The molecule has 2 aromatic rings. The van der Waals surface area contributed by atoms with Crippen molar-refractivity contribution >= 4 is 5.97 Å². The summed E-state index contributed by atoms with van der Waals surface area (Å²) in [5.41, 5.74) is 0.144. The van der Waals surface area contributed by atoms with Gasteiger partial charge in [0.2, 0.25) is 0 Å². The predicted molar refractivity (Wildman–Crippen MR) is 140 cm³/mol. The molecule has 2 aromatic carbocycles. The number of carbonyl (C=O) groups excluding carboxylic acids is 1. The molecule has 0 unspecified atom stereocenters. The molecule has 0 aliphatic heterocycles. The number of hydrogen-bond donors (Lipinski definition) is 0. The van der Waals surface area contributed by atoms with Gasteiger partial charge in [0.05, 0.1) is 18.8 Å². The summed E-state index contributed by atoms with van der Waals surface area (Å²) in [5, 5.41) is 0. The Bertz CT molecular complexity index is 850. The van der Waals surface area contributed by atoms with E-state index in [9.17, 15) is 9.18 Å². The number of benzene rings is 2. The Hall–Kier alpha value is -2.56. The monoisotopic (exact) mass is 486 g/mol. The first-order valence-electron chi connectivity index (χ1n) is 13.4. The maximum atomic E-state index is 14.4. The highest BCUT2D eigenvalue weighted by molar-refractivity contribution is 5.91. The van der Waals surface area contributed by atoms with E-state index in [1.165, 1.54) is 69.6 Å². The zero-order chi connectivity index (χ0) is 25.3. The third-order valence-electron chi connectivity index (χ3n) is 6.19. The van der Waals surface area contributed by atoms with Crippen LogP contribution in [0.15, 0.2) is 42.5 Å². The van der Waals surface area contributed by atoms with Crippen molar-refractivity contribution in [2.75, 3.05) is 13.2 Å². The highest BCUT2D eigenvalue weighted by Crippen LogP contribution is 2.22. The van der Waals surface area contributed by atoms with E-state index in [1.807, 2.05) is 0 Å². The first kappa shape index (κ1) is 28.7. The molecule has 0 amide bonds. The van der Waals surface area contributed by atoms with Crippen LogP contribution in [-0.4, -0.2) is 19.2 Å². The lowest BCUT2D eigenvalue weighted by atomic mass is 10.1. The van der Waals surface area contributed by atoms with Gasteiger partial charge in [-0.25, -0.2) is 9.18 Å². The maximum absolute atomic E-state index is 14.4. The number of rotatable bonds is 18. The van der Waals surface area contributed by atoms with Crippen molar-refractivity contribution < 1.29 is 23.4 Å². The summed E-state index contributed by atoms with van der Waals surface area (Å²) < 4.78 is 31.1. The lowest BCUT2D eigenvalue weighted by molar-refractivity contribution is 0.0734. The molecule has 35 heavy (non-hydrogen) atoms. The topological polar surface area (TPSA) is 44.8 Å². The van der Waals surface area contributed by atoms with Crippen LogP contribution >= 0.6 is 0 Å². The van der Waals surface area contributed by atoms with Crippen molar-refractivity contribution in [3.05, 3.63) is 53.8 Å². The summed E-state index contributed by atoms with van der Waals surface area (Å²) in [7, 11) is 0. The van der Waals surface area contributed by atoms with Gasteiger partial charge in [0, 0.05) is 0 Å². The van der Waals surface area contributed by atoms with Crippen LogP contribution in [0, 0.1) is 11.7 Å². The van der Waals surface area contributed by atoms with Crippen LogP contribution in [-0.2, 0) is 0 Å². The molecule has 5 heteroatoms. The number of esters is 1. The summed E-state index contributed by atoms with van der Waals surface area (Å²) in [4.78, 5) is 12.4. The molecular formula is C30H43FO4. The number of carbonyl (C=O) groups is 1. The zero-order valence-corrected chi connectivity index (χ0v) is 21.8. The second-order valence-corrected chi connectivity index (χ2v) is 9.36. The molecule has 0 saturated carbocycles. The molecule has 0 aliphatic carbocycles. The molecule has 194 valence electrons. The van der Waals surface area contributed by atoms with Gasteiger partial charge in [-0.1, -0.05) is 85.0 Å². The first-order valence-corrected chi connectivity index (χ1v) is 13.4. The SMILES string of the molecule is CCCCCCCCCCCCOc1ccc(C(=O)Oc2ccc(OC[C@@H](C)CC)cc2)cc1F. The summed E-state index contributed by atoms with van der Waals surface area (Å²) >= 11 is 0. The second kappa shape index (κ2) is 17.0. The average Bonchev–Trinajstić information content (AvgIpc) is 2.87. The largest absolute Gasteiger partial charge is 0.493 e. The molecule has 0 bridgehead atoms. The molecule has 0 spiro atoms. The van der Waals surface area contributed by atoms with E-state index >= 15 is 0 Å². The molecule has 0 saturated heterocycles. The Kier molecular flexibility index (Phi) is 13.9. The highest BCUT2D eigenvalue weighted by Gasteiger charge is 2.13. The predicted octanol–water partition coefficient (Wildman–Crippen LogP) is 8.77. The highest BCUT2D eigenvalue weighted by atomic mass is 19.1. The fourth-order valence-corrected chi connectivity index (χ4v) is 3.64. The van der Waals surface area contributed by atoms with Gasteiger partial charge in [0.25, 0.3) is 0 Å². The van der Waals surface area contributed by atoms with Gasteiger partial charge in [0.15, 0.2) is 11.6 Å². The van der Waals surface area contributed by atoms with Crippen molar-refractivity contribution in [2.24, 2.45) is 5.92 Å². The Labute approximate surface area is 211 Å². The molecule has 0 radical (unpaired) electrons. The number of unbranched alkanes of at least 4 members (excludes halogenated alkanes) is 9. The van der Waals surface area contributed by atoms with E-state index in [-0.39, 0.29) is 11.3 Å². The maximum Gasteiger partial charge on any atom is 0.343 e. The van der Waals surface area contributed by atoms with Crippen LogP contribution in [0.3, 0.4) is 0 Å². The van der Waals surface area contributed by atoms with Crippen LogP contribution in [0.4, 0.5) is 4.39 Å². The van der Waals surface area contributed by atoms with Crippen molar-refractivity contribution in [3.8, 4) is 17.2 Å². The third kappa shape index (κ3) is 11.6. The molecule has 4 nitrogen and oxygen atoms in total. The molecule has 1 atom stereocenters. The summed E-state index contributed by atoms with van der Waals surface area (Å²) in [6.45, 7) is 7.61. The van der Waals surface area contributed by atoms with E-state index in [0.29, 0.717) is 24.9 Å². The Morgan fingerprint density at radius 3 is 2.00 bits per heavy atom. The standard InChI is InChI=1S/C30H43FO4/c1-4-6-7-8-9-10-11-12-13-14-21-33-29-20-15-25(22-28(29)31)30(32)35-27-18-16-26(17-19-27)34-23-24(3)5-2/h15-20,22,24H,4-14,21,23H2,1-3H3/t24-/m0/s1. The second-order valence-electron chi connectivity index (χ2n) is 9.36. The van der Waals surface area contributed by atoms with E-state index in [2.05, 4.69) is 20.8 Å². The fourth-order valence-electron chi connectivity index (χ4n) is 3.64. The minimum absolute atomic E-state index is 0.144. The summed E-state index contributed by atoms with van der Waals surface area (Å²) in [6.07, 6.45) is 13.4. The van der Waals surface area contributed by atoms with Crippen LogP contribution in [0.5, 0.6) is 17.2 Å².